The van der Waals surface area contributed by atoms with Crippen molar-refractivity contribution in [3.05, 3.63) is 101 Å². The zero-order valence-electron chi connectivity index (χ0n) is 27.3. The number of hydrogen-bond donors (Lipinski definition) is 2. The molecular formula is C37H37F3N6O2. The van der Waals surface area contributed by atoms with Gasteiger partial charge in [0.1, 0.15) is 5.75 Å². The monoisotopic (exact) mass is 654 g/mol. The molecule has 0 atom stereocenters. The quantitative estimate of drug-likeness (QED) is 0.175. The maximum Gasteiger partial charge on any atom is 0.416 e. The molecule has 6 rings (SSSR count). The van der Waals surface area contributed by atoms with Crippen LogP contribution in [0.2, 0.25) is 0 Å². The summed E-state index contributed by atoms with van der Waals surface area (Å²) in [5.41, 5.74) is 5.87. The molecule has 1 aliphatic rings. The van der Waals surface area contributed by atoms with Crippen LogP contribution in [0.1, 0.15) is 34.0 Å². The van der Waals surface area contributed by atoms with E-state index in [0.717, 1.165) is 88.6 Å². The molecule has 1 aromatic heterocycles. The molecule has 0 aliphatic carbocycles. The summed E-state index contributed by atoms with van der Waals surface area (Å²) in [5, 5.41) is 6.92. The lowest BCUT2D eigenvalue weighted by atomic mass is 9.96. The standard InChI is InChI=1S/C37H37F3N6O2/c1-5-48-33-21-30(46-15-13-45(4)14-16-46)11-12-32(33)43-36-41-22-27-18-26(17-24(3)34(27)44-36)31-20-29(10-9-23(31)2)42-35(47)25-7-6-8-28(19-25)37(38,39)40/h6-12,17-22H,5,13-16H2,1-4H3,(H,42,47)(H,41,43,44). The molecule has 248 valence electrons. The number of aromatic nitrogens is 2. The molecule has 1 aliphatic heterocycles. The van der Waals surface area contributed by atoms with Crippen LogP contribution in [0.3, 0.4) is 0 Å². The van der Waals surface area contributed by atoms with Crippen LogP contribution < -0.4 is 20.3 Å². The number of benzene rings is 4. The van der Waals surface area contributed by atoms with Crippen molar-refractivity contribution in [3.63, 3.8) is 0 Å². The van der Waals surface area contributed by atoms with Crippen molar-refractivity contribution in [1.29, 1.82) is 0 Å². The number of likely N-dealkylation sites (N-methyl/N-ethyl adjacent to an activating group) is 1. The molecule has 1 fully saturated rings. The largest absolute Gasteiger partial charge is 0.492 e. The van der Waals surface area contributed by atoms with Crippen LogP contribution >= 0.6 is 0 Å². The normalized spacial score (nSPS) is 13.9. The van der Waals surface area contributed by atoms with Crippen LogP contribution in [0.25, 0.3) is 22.0 Å². The van der Waals surface area contributed by atoms with Gasteiger partial charge < -0.3 is 25.2 Å². The number of aryl methyl sites for hydroxylation is 2. The van der Waals surface area contributed by atoms with Crippen molar-refractivity contribution >= 4 is 39.8 Å². The molecule has 0 unspecified atom stereocenters. The molecule has 1 saturated heterocycles. The Morgan fingerprint density at radius 2 is 1.73 bits per heavy atom. The van der Waals surface area contributed by atoms with Gasteiger partial charge in [0.2, 0.25) is 5.95 Å². The zero-order chi connectivity index (χ0) is 34.0. The SMILES string of the molecule is CCOc1cc(N2CCN(C)CC2)ccc1Nc1ncc2cc(-c3cc(NC(=O)c4cccc(C(F)(F)F)c4)ccc3C)cc(C)c2n1. The smallest absolute Gasteiger partial charge is 0.416 e. The van der Waals surface area contributed by atoms with Crippen molar-refractivity contribution in [3.8, 4) is 16.9 Å². The third-order valence-electron chi connectivity index (χ3n) is 8.51. The number of halogens is 3. The predicted molar refractivity (Wildman–Crippen MR) is 184 cm³/mol. The van der Waals surface area contributed by atoms with Gasteiger partial charge >= 0.3 is 6.18 Å². The van der Waals surface area contributed by atoms with Crippen LogP contribution in [0.4, 0.5) is 36.2 Å². The van der Waals surface area contributed by atoms with E-state index in [1.165, 1.54) is 12.1 Å². The lowest BCUT2D eigenvalue weighted by Crippen LogP contribution is -2.44. The summed E-state index contributed by atoms with van der Waals surface area (Å²) in [6.45, 7) is 10.4. The molecule has 1 amide bonds. The third-order valence-corrected chi connectivity index (χ3v) is 8.51. The first-order chi connectivity index (χ1) is 23.0. The Hall–Kier alpha value is -5.16. The first-order valence-electron chi connectivity index (χ1n) is 15.8. The summed E-state index contributed by atoms with van der Waals surface area (Å²) in [5.74, 6) is 0.558. The van der Waals surface area contributed by atoms with Gasteiger partial charge in [0.05, 0.1) is 23.4 Å². The second kappa shape index (κ2) is 13.5. The maximum atomic E-state index is 13.2. The van der Waals surface area contributed by atoms with Gasteiger partial charge in [0.15, 0.2) is 0 Å². The van der Waals surface area contributed by atoms with E-state index in [1.807, 2.05) is 51.1 Å². The second-order valence-corrected chi connectivity index (χ2v) is 12.0. The summed E-state index contributed by atoms with van der Waals surface area (Å²) in [6.07, 6.45) is -2.76. The van der Waals surface area contributed by atoms with Gasteiger partial charge in [-0.3, -0.25) is 4.79 Å². The van der Waals surface area contributed by atoms with Crippen molar-refractivity contribution in [2.24, 2.45) is 0 Å². The number of fused-ring (bicyclic) bond motifs is 1. The Morgan fingerprint density at radius 1 is 0.938 bits per heavy atom. The lowest BCUT2D eigenvalue weighted by molar-refractivity contribution is -0.137. The fourth-order valence-corrected chi connectivity index (χ4v) is 5.86. The highest BCUT2D eigenvalue weighted by Crippen LogP contribution is 2.35. The number of nitrogens with zero attached hydrogens (tertiary/aromatic N) is 4. The van der Waals surface area contributed by atoms with Gasteiger partial charge in [-0.1, -0.05) is 12.1 Å². The number of hydrogen-bond acceptors (Lipinski definition) is 7. The number of rotatable bonds is 8. The molecule has 0 saturated carbocycles. The van der Waals surface area contributed by atoms with E-state index < -0.39 is 17.6 Å². The van der Waals surface area contributed by atoms with Crippen molar-refractivity contribution in [1.82, 2.24) is 14.9 Å². The predicted octanol–water partition coefficient (Wildman–Crippen LogP) is 8.08. The Balaban J connectivity index is 1.23. The fraction of sp³-hybridized carbons (Fsp3) is 0.270. The highest BCUT2D eigenvalue weighted by atomic mass is 19.4. The van der Waals surface area contributed by atoms with Crippen molar-refractivity contribution in [2.45, 2.75) is 26.9 Å². The summed E-state index contributed by atoms with van der Waals surface area (Å²) in [6, 6.07) is 20.0. The molecule has 11 heteroatoms. The molecule has 0 bridgehead atoms. The van der Waals surface area contributed by atoms with Gasteiger partial charge in [-0.25, -0.2) is 9.97 Å². The number of amides is 1. The van der Waals surface area contributed by atoms with Crippen LogP contribution in [-0.4, -0.2) is 60.6 Å². The average Bonchev–Trinajstić information content (AvgIpc) is 3.07. The topological polar surface area (TPSA) is 82.6 Å². The van der Waals surface area contributed by atoms with Crippen LogP contribution in [-0.2, 0) is 6.18 Å². The molecule has 48 heavy (non-hydrogen) atoms. The average molecular weight is 655 g/mol. The van der Waals surface area contributed by atoms with Crippen LogP contribution in [0.15, 0.2) is 79.0 Å². The second-order valence-electron chi connectivity index (χ2n) is 12.0. The first kappa shape index (κ1) is 32.8. The highest BCUT2D eigenvalue weighted by molar-refractivity contribution is 6.04. The summed E-state index contributed by atoms with van der Waals surface area (Å²) < 4.78 is 45.5. The van der Waals surface area contributed by atoms with E-state index in [4.69, 9.17) is 9.72 Å². The third kappa shape index (κ3) is 7.21. The minimum atomic E-state index is -4.54. The summed E-state index contributed by atoms with van der Waals surface area (Å²) >= 11 is 0. The lowest BCUT2D eigenvalue weighted by Gasteiger charge is -2.34. The van der Waals surface area contributed by atoms with Crippen LogP contribution in [0.5, 0.6) is 5.75 Å². The number of piperazine rings is 1. The fourth-order valence-electron chi connectivity index (χ4n) is 5.86. The number of carbonyl (C=O) groups is 1. The molecule has 8 nitrogen and oxygen atoms in total. The van der Waals surface area contributed by atoms with Gasteiger partial charge in [0, 0.05) is 60.8 Å². The molecule has 0 radical (unpaired) electrons. The highest BCUT2D eigenvalue weighted by Gasteiger charge is 2.31. The van der Waals surface area contributed by atoms with Gasteiger partial charge in [-0.05, 0) is 105 Å². The maximum absolute atomic E-state index is 13.2. The van der Waals surface area contributed by atoms with E-state index in [9.17, 15) is 18.0 Å². The minimum Gasteiger partial charge on any atom is -0.492 e. The molecule has 4 aromatic carbocycles. The molecule has 2 N–H and O–H groups in total. The Kier molecular flexibility index (Phi) is 9.23. The number of carbonyl (C=O) groups excluding carboxylic acids is 1. The number of alkyl halides is 3. The van der Waals surface area contributed by atoms with Crippen molar-refractivity contribution in [2.75, 3.05) is 55.4 Å². The summed E-state index contributed by atoms with van der Waals surface area (Å²) in [4.78, 5) is 27.0. The van der Waals surface area contributed by atoms with E-state index in [2.05, 4.69) is 44.6 Å². The zero-order valence-corrected chi connectivity index (χ0v) is 27.3. The van der Waals surface area contributed by atoms with E-state index in [0.29, 0.717) is 18.2 Å². The Bertz CT molecular complexity index is 1970. The molecule has 0 spiro atoms. The van der Waals surface area contributed by atoms with E-state index >= 15 is 0 Å². The van der Waals surface area contributed by atoms with Gasteiger partial charge in [-0.2, -0.15) is 13.2 Å². The van der Waals surface area contributed by atoms with Gasteiger partial charge in [0.25, 0.3) is 5.91 Å². The van der Waals surface area contributed by atoms with E-state index in [-0.39, 0.29) is 5.56 Å². The molecule has 5 aromatic rings. The number of ether oxygens (including phenoxy) is 1. The number of nitrogens with one attached hydrogen (secondary N) is 2. The van der Waals surface area contributed by atoms with Crippen molar-refractivity contribution < 1.29 is 22.7 Å². The molecular weight excluding hydrogens is 617 g/mol. The Morgan fingerprint density at radius 3 is 2.48 bits per heavy atom. The first-order valence-corrected chi connectivity index (χ1v) is 15.8. The van der Waals surface area contributed by atoms with Gasteiger partial charge in [-0.15, -0.1) is 0 Å². The van der Waals surface area contributed by atoms with Crippen LogP contribution in [0, 0.1) is 13.8 Å². The Labute approximate surface area is 277 Å². The number of anilines is 4. The minimum absolute atomic E-state index is 0.0746. The summed E-state index contributed by atoms with van der Waals surface area (Å²) in [7, 11) is 2.14. The molecule has 2 heterocycles. The van der Waals surface area contributed by atoms with E-state index in [1.54, 1.807) is 12.3 Å².